The lowest BCUT2D eigenvalue weighted by molar-refractivity contribution is -0.137. The molecule has 0 aliphatic rings. The number of halogens is 3. The summed E-state index contributed by atoms with van der Waals surface area (Å²) in [5.41, 5.74) is 0.0732. The van der Waals surface area contributed by atoms with Gasteiger partial charge in [-0.25, -0.2) is 8.42 Å². The summed E-state index contributed by atoms with van der Waals surface area (Å²) in [6.07, 6.45) is -3.38. The molecule has 0 N–H and O–H groups in total. The van der Waals surface area contributed by atoms with Crippen molar-refractivity contribution >= 4 is 15.7 Å². The predicted molar refractivity (Wildman–Crippen MR) is 85.5 cm³/mol. The molecule has 0 aliphatic carbocycles. The van der Waals surface area contributed by atoms with E-state index in [0.29, 0.717) is 17.0 Å². The molecule has 24 heavy (non-hydrogen) atoms. The topological polar surface area (TPSA) is 46.6 Å². The van der Waals surface area contributed by atoms with E-state index >= 15 is 0 Å². The minimum atomic E-state index is -4.43. The zero-order valence-electron chi connectivity index (χ0n) is 13.0. The van der Waals surface area contributed by atoms with Gasteiger partial charge in [0.1, 0.15) is 5.75 Å². The lowest BCUT2D eigenvalue weighted by Gasteiger charge is -2.23. The minimum Gasteiger partial charge on any atom is -0.497 e. The Morgan fingerprint density at radius 3 is 1.96 bits per heavy atom. The van der Waals surface area contributed by atoms with Crippen LogP contribution in [0.2, 0.25) is 0 Å². The highest BCUT2D eigenvalue weighted by molar-refractivity contribution is 7.92. The van der Waals surface area contributed by atoms with E-state index in [1.165, 1.54) is 19.2 Å². The van der Waals surface area contributed by atoms with Gasteiger partial charge in [0.25, 0.3) is 0 Å². The van der Waals surface area contributed by atoms with Gasteiger partial charge < -0.3 is 4.74 Å². The van der Waals surface area contributed by atoms with Crippen molar-refractivity contribution in [2.75, 3.05) is 17.7 Å². The quantitative estimate of drug-likeness (QED) is 0.818. The van der Waals surface area contributed by atoms with Crippen LogP contribution in [0.4, 0.5) is 18.9 Å². The van der Waals surface area contributed by atoms with E-state index in [0.717, 1.165) is 22.7 Å². The molecular weight excluding hydrogens is 343 g/mol. The Kier molecular flexibility index (Phi) is 5.08. The van der Waals surface area contributed by atoms with E-state index in [1.807, 2.05) is 0 Å². The highest BCUT2D eigenvalue weighted by Gasteiger charge is 2.30. The third-order valence-corrected chi connectivity index (χ3v) is 4.51. The lowest BCUT2D eigenvalue weighted by atomic mass is 10.1. The second-order valence-electron chi connectivity index (χ2n) is 5.16. The van der Waals surface area contributed by atoms with Crippen LogP contribution in [0, 0.1) is 0 Å². The molecule has 0 unspecified atom stereocenters. The van der Waals surface area contributed by atoms with Crippen LogP contribution < -0.4 is 9.04 Å². The number of hydrogen-bond acceptors (Lipinski definition) is 3. The molecule has 130 valence electrons. The molecule has 0 bridgehead atoms. The standard InChI is InChI=1S/C16H16F3NO3S/c1-23-15-9-7-14(8-10-15)20(24(2,21)22)11-12-3-5-13(6-4-12)16(17,18)19/h3-10H,11H2,1-2H3. The van der Waals surface area contributed by atoms with Crippen molar-refractivity contribution in [2.45, 2.75) is 12.7 Å². The molecule has 0 saturated carbocycles. The van der Waals surface area contributed by atoms with E-state index in [2.05, 4.69) is 0 Å². The number of alkyl halides is 3. The van der Waals surface area contributed by atoms with Gasteiger partial charge in [0.05, 0.1) is 31.2 Å². The Bertz CT molecular complexity index is 785. The van der Waals surface area contributed by atoms with Crippen LogP contribution in [0.15, 0.2) is 48.5 Å². The molecular formula is C16H16F3NO3S. The zero-order valence-corrected chi connectivity index (χ0v) is 13.9. The first-order chi connectivity index (χ1) is 11.1. The van der Waals surface area contributed by atoms with Crippen molar-refractivity contribution < 1.29 is 26.3 Å². The molecule has 2 rings (SSSR count). The SMILES string of the molecule is COc1ccc(N(Cc2ccc(C(F)(F)F)cc2)S(C)(=O)=O)cc1. The number of rotatable bonds is 5. The normalized spacial score (nSPS) is 12.0. The summed E-state index contributed by atoms with van der Waals surface area (Å²) in [5, 5.41) is 0. The maximum Gasteiger partial charge on any atom is 0.416 e. The van der Waals surface area contributed by atoms with Crippen molar-refractivity contribution in [1.29, 1.82) is 0 Å². The van der Waals surface area contributed by atoms with Gasteiger partial charge in [-0.2, -0.15) is 13.2 Å². The van der Waals surface area contributed by atoms with E-state index in [-0.39, 0.29) is 6.54 Å². The number of hydrogen-bond donors (Lipinski definition) is 0. The first-order valence-electron chi connectivity index (χ1n) is 6.89. The van der Waals surface area contributed by atoms with Crippen LogP contribution >= 0.6 is 0 Å². The third kappa shape index (κ3) is 4.41. The Hall–Kier alpha value is -2.22. The van der Waals surface area contributed by atoms with Crippen molar-refractivity contribution in [3.63, 3.8) is 0 Å². The summed E-state index contributed by atoms with van der Waals surface area (Å²) in [5.74, 6) is 0.571. The Morgan fingerprint density at radius 2 is 1.54 bits per heavy atom. The van der Waals surface area contributed by atoms with Gasteiger partial charge in [0.2, 0.25) is 10.0 Å². The summed E-state index contributed by atoms with van der Waals surface area (Å²) in [6, 6.07) is 10.8. The molecule has 4 nitrogen and oxygen atoms in total. The van der Waals surface area contributed by atoms with Crippen molar-refractivity contribution in [3.05, 3.63) is 59.7 Å². The zero-order chi connectivity index (χ0) is 18.0. The summed E-state index contributed by atoms with van der Waals surface area (Å²) in [4.78, 5) is 0. The second kappa shape index (κ2) is 6.72. The Labute approximate surface area is 138 Å². The van der Waals surface area contributed by atoms with Crippen LogP contribution in [0.1, 0.15) is 11.1 Å². The number of nitrogens with zero attached hydrogens (tertiary/aromatic N) is 1. The highest BCUT2D eigenvalue weighted by atomic mass is 32.2. The number of ether oxygens (including phenoxy) is 1. The van der Waals surface area contributed by atoms with E-state index in [9.17, 15) is 21.6 Å². The largest absolute Gasteiger partial charge is 0.497 e. The molecule has 2 aromatic carbocycles. The molecule has 0 aliphatic heterocycles. The molecule has 0 heterocycles. The summed E-state index contributed by atoms with van der Waals surface area (Å²) >= 11 is 0. The van der Waals surface area contributed by atoms with Crippen molar-refractivity contribution in [3.8, 4) is 5.75 Å². The van der Waals surface area contributed by atoms with Gasteiger partial charge in [0.15, 0.2) is 0 Å². The van der Waals surface area contributed by atoms with E-state index < -0.39 is 21.8 Å². The van der Waals surface area contributed by atoms with Crippen molar-refractivity contribution in [1.82, 2.24) is 0 Å². The molecule has 0 saturated heterocycles. The fraction of sp³-hybridized carbons (Fsp3) is 0.250. The van der Waals surface area contributed by atoms with Gasteiger partial charge in [-0.3, -0.25) is 4.31 Å². The fourth-order valence-electron chi connectivity index (χ4n) is 2.11. The fourth-order valence-corrected chi connectivity index (χ4v) is 3.00. The van der Waals surface area contributed by atoms with Crippen LogP contribution in [-0.4, -0.2) is 21.8 Å². The average Bonchev–Trinajstić information content (AvgIpc) is 2.51. The van der Waals surface area contributed by atoms with Crippen LogP contribution in [0.3, 0.4) is 0 Å². The molecule has 0 aromatic heterocycles. The maximum absolute atomic E-state index is 12.6. The van der Waals surface area contributed by atoms with Crippen LogP contribution in [-0.2, 0) is 22.7 Å². The molecule has 0 atom stereocenters. The van der Waals surface area contributed by atoms with Gasteiger partial charge in [-0.1, -0.05) is 12.1 Å². The summed E-state index contributed by atoms with van der Waals surface area (Å²) in [6.45, 7) is -0.0662. The number of anilines is 1. The molecule has 0 spiro atoms. The maximum atomic E-state index is 12.6. The lowest BCUT2D eigenvalue weighted by Crippen LogP contribution is -2.29. The van der Waals surface area contributed by atoms with Gasteiger partial charge >= 0.3 is 6.18 Å². The monoisotopic (exact) mass is 359 g/mol. The molecule has 8 heteroatoms. The van der Waals surface area contributed by atoms with Gasteiger partial charge in [0, 0.05) is 0 Å². The van der Waals surface area contributed by atoms with Gasteiger partial charge in [-0.05, 0) is 42.0 Å². The Balaban J connectivity index is 2.29. The molecule has 0 radical (unpaired) electrons. The smallest absolute Gasteiger partial charge is 0.416 e. The average molecular weight is 359 g/mol. The first kappa shape index (κ1) is 18.1. The Morgan fingerprint density at radius 1 is 1.00 bits per heavy atom. The molecule has 0 amide bonds. The summed E-state index contributed by atoms with van der Waals surface area (Å²) in [7, 11) is -2.11. The number of sulfonamides is 1. The molecule has 2 aromatic rings. The first-order valence-corrected chi connectivity index (χ1v) is 8.74. The molecule has 0 fully saturated rings. The third-order valence-electron chi connectivity index (χ3n) is 3.37. The van der Waals surface area contributed by atoms with E-state index in [4.69, 9.17) is 4.74 Å². The van der Waals surface area contributed by atoms with Crippen molar-refractivity contribution in [2.24, 2.45) is 0 Å². The number of methoxy groups -OCH3 is 1. The van der Waals surface area contributed by atoms with Crippen LogP contribution in [0.25, 0.3) is 0 Å². The van der Waals surface area contributed by atoms with Gasteiger partial charge in [-0.15, -0.1) is 0 Å². The summed E-state index contributed by atoms with van der Waals surface area (Å²) < 4.78 is 68.0. The highest BCUT2D eigenvalue weighted by Crippen LogP contribution is 2.30. The minimum absolute atomic E-state index is 0.0662. The number of benzene rings is 2. The second-order valence-corrected chi connectivity index (χ2v) is 7.07. The van der Waals surface area contributed by atoms with E-state index in [1.54, 1.807) is 24.3 Å². The van der Waals surface area contributed by atoms with Crippen LogP contribution in [0.5, 0.6) is 5.75 Å². The predicted octanol–water partition coefficient (Wildman–Crippen LogP) is 3.68.